The van der Waals surface area contributed by atoms with Crippen molar-refractivity contribution in [3.05, 3.63) is 29.3 Å². The molecule has 1 atom stereocenters. The number of thiazole rings is 1. The van der Waals surface area contributed by atoms with E-state index in [4.69, 9.17) is 0 Å². The summed E-state index contributed by atoms with van der Waals surface area (Å²) in [6.07, 6.45) is 5.34. The van der Waals surface area contributed by atoms with Gasteiger partial charge in [0.25, 0.3) is 0 Å². The molecule has 1 fully saturated rings. The summed E-state index contributed by atoms with van der Waals surface area (Å²) in [5.41, 5.74) is 1.03. The number of aliphatic carboxylic acids is 1. The van der Waals surface area contributed by atoms with E-state index in [1.165, 1.54) is 4.70 Å². The molecule has 1 N–H and O–H groups in total. The Hall–Kier alpha value is -1.95. The van der Waals surface area contributed by atoms with Crippen LogP contribution >= 0.6 is 11.3 Å². The molecule has 0 saturated carbocycles. The number of unbranched alkanes of at least 4 members (excludes halogenated alkanes) is 1. The van der Waals surface area contributed by atoms with Crippen molar-refractivity contribution in [2.45, 2.75) is 51.0 Å². The molecule has 0 bridgehead atoms. The number of hydrogen-bond donors (Lipinski definition) is 1. The first-order valence-corrected chi connectivity index (χ1v) is 9.33. The maximum Gasteiger partial charge on any atom is 0.326 e. The van der Waals surface area contributed by atoms with Crippen molar-refractivity contribution in [2.75, 3.05) is 6.54 Å². The third-order valence-electron chi connectivity index (χ3n) is 4.48. The topological polar surface area (TPSA) is 70.5 Å². The van der Waals surface area contributed by atoms with E-state index >= 15 is 0 Å². The first-order valence-electron chi connectivity index (χ1n) is 8.52. The van der Waals surface area contributed by atoms with Crippen LogP contribution in [0.3, 0.4) is 0 Å². The number of likely N-dealkylation sites (tertiary alicyclic amines) is 1. The second-order valence-electron chi connectivity index (χ2n) is 6.22. The molecule has 1 aliphatic rings. The van der Waals surface area contributed by atoms with Crippen molar-refractivity contribution in [1.82, 2.24) is 9.88 Å². The van der Waals surface area contributed by atoms with Crippen LogP contribution in [0.15, 0.2) is 24.3 Å². The largest absolute Gasteiger partial charge is 0.480 e. The molecule has 24 heavy (non-hydrogen) atoms. The smallest absolute Gasteiger partial charge is 0.326 e. The molecule has 2 aromatic rings. The summed E-state index contributed by atoms with van der Waals surface area (Å²) in [6, 6.07) is 7.46. The standard InChI is InChI=1S/C18H22N2O3S/c21-17(20-12-6-5-8-14(20)18(22)23)11-4-3-10-16-19-13-7-1-2-9-15(13)24-16/h1-2,7,9,14H,3-6,8,10-12H2,(H,22,23). The van der Waals surface area contributed by atoms with Crippen molar-refractivity contribution in [1.29, 1.82) is 0 Å². The van der Waals surface area contributed by atoms with Crippen LogP contribution in [0, 0.1) is 0 Å². The molecule has 6 heteroatoms. The Kier molecular flexibility index (Phi) is 5.45. The monoisotopic (exact) mass is 346 g/mol. The third-order valence-corrected chi connectivity index (χ3v) is 5.57. The van der Waals surface area contributed by atoms with Gasteiger partial charge in [0.15, 0.2) is 0 Å². The number of carbonyl (C=O) groups is 2. The fourth-order valence-electron chi connectivity index (χ4n) is 3.21. The SMILES string of the molecule is O=C(O)C1CCCCN1C(=O)CCCCc1nc2ccccc2s1. The molecule has 0 spiro atoms. The van der Waals surface area contributed by atoms with E-state index in [2.05, 4.69) is 11.1 Å². The summed E-state index contributed by atoms with van der Waals surface area (Å²) in [5.74, 6) is -0.899. The average molecular weight is 346 g/mol. The van der Waals surface area contributed by atoms with Crippen LogP contribution in [0.5, 0.6) is 0 Å². The minimum absolute atomic E-state index is 0.0219. The van der Waals surface area contributed by atoms with Crippen LogP contribution in [0.4, 0.5) is 0 Å². The zero-order chi connectivity index (χ0) is 16.9. The van der Waals surface area contributed by atoms with E-state index in [9.17, 15) is 14.7 Å². The molecule has 1 aliphatic heterocycles. The van der Waals surface area contributed by atoms with Gasteiger partial charge in [0.05, 0.1) is 15.2 Å². The van der Waals surface area contributed by atoms with Crippen molar-refractivity contribution >= 4 is 33.4 Å². The average Bonchev–Trinajstić information content (AvgIpc) is 3.01. The van der Waals surface area contributed by atoms with Crippen molar-refractivity contribution < 1.29 is 14.7 Å². The molecule has 128 valence electrons. The molecular formula is C18H22N2O3S. The van der Waals surface area contributed by atoms with Crippen molar-refractivity contribution in [3.8, 4) is 0 Å². The number of nitrogens with zero attached hydrogens (tertiary/aromatic N) is 2. The molecule has 5 nitrogen and oxygen atoms in total. The van der Waals surface area contributed by atoms with Gasteiger partial charge in [0.2, 0.25) is 5.91 Å². The number of benzene rings is 1. The predicted molar refractivity (Wildman–Crippen MR) is 94.2 cm³/mol. The van der Waals surface area contributed by atoms with E-state index in [0.29, 0.717) is 19.4 Å². The normalized spacial score (nSPS) is 18.0. The zero-order valence-corrected chi connectivity index (χ0v) is 14.4. The fraction of sp³-hybridized carbons (Fsp3) is 0.500. The predicted octanol–water partition coefficient (Wildman–Crippen LogP) is 3.47. The molecule has 1 unspecified atom stereocenters. The number of para-hydroxylation sites is 1. The van der Waals surface area contributed by atoms with Gasteiger partial charge in [-0.05, 0) is 50.7 Å². The number of carbonyl (C=O) groups excluding carboxylic acids is 1. The van der Waals surface area contributed by atoms with Gasteiger partial charge in [-0.25, -0.2) is 9.78 Å². The summed E-state index contributed by atoms with van der Waals surface area (Å²) in [5, 5.41) is 10.3. The summed E-state index contributed by atoms with van der Waals surface area (Å²) >= 11 is 1.70. The molecule has 1 aromatic carbocycles. The number of amides is 1. The number of fused-ring (bicyclic) bond motifs is 1. The van der Waals surface area contributed by atoms with Crippen molar-refractivity contribution in [2.24, 2.45) is 0 Å². The molecule has 1 aromatic heterocycles. The maximum atomic E-state index is 12.3. The second kappa shape index (κ2) is 7.75. The van der Waals surface area contributed by atoms with Gasteiger partial charge >= 0.3 is 5.97 Å². The van der Waals surface area contributed by atoms with Gasteiger partial charge in [0.1, 0.15) is 6.04 Å². The van der Waals surface area contributed by atoms with Crippen LogP contribution in [0.2, 0.25) is 0 Å². The van der Waals surface area contributed by atoms with E-state index in [-0.39, 0.29) is 5.91 Å². The van der Waals surface area contributed by atoms with Gasteiger partial charge in [-0.1, -0.05) is 12.1 Å². The zero-order valence-electron chi connectivity index (χ0n) is 13.6. The highest BCUT2D eigenvalue weighted by atomic mass is 32.1. The first kappa shape index (κ1) is 16.9. The fourth-order valence-corrected chi connectivity index (χ4v) is 4.22. The Labute approximate surface area is 145 Å². The van der Waals surface area contributed by atoms with Crippen LogP contribution in [-0.4, -0.2) is 39.5 Å². The molecule has 2 heterocycles. The van der Waals surface area contributed by atoms with Crippen LogP contribution in [-0.2, 0) is 16.0 Å². The lowest BCUT2D eigenvalue weighted by Crippen LogP contribution is -2.47. The van der Waals surface area contributed by atoms with Crippen LogP contribution < -0.4 is 0 Å². The summed E-state index contributed by atoms with van der Waals surface area (Å²) < 4.78 is 1.20. The number of hydrogen-bond acceptors (Lipinski definition) is 4. The van der Waals surface area contributed by atoms with Gasteiger partial charge < -0.3 is 10.0 Å². The van der Waals surface area contributed by atoms with Gasteiger partial charge in [0, 0.05) is 13.0 Å². The van der Waals surface area contributed by atoms with Gasteiger partial charge in [-0.2, -0.15) is 0 Å². The number of rotatable bonds is 6. The van der Waals surface area contributed by atoms with Crippen LogP contribution in [0.1, 0.15) is 43.5 Å². The summed E-state index contributed by atoms with van der Waals surface area (Å²) in [4.78, 5) is 29.7. The molecule has 1 saturated heterocycles. The molecular weight excluding hydrogens is 324 g/mol. The maximum absolute atomic E-state index is 12.3. The number of carboxylic acids is 1. The van der Waals surface area contributed by atoms with E-state index in [0.717, 1.165) is 42.6 Å². The molecule has 3 rings (SSSR count). The third kappa shape index (κ3) is 3.93. The van der Waals surface area contributed by atoms with Crippen LogP contribution in [0.25, 0.3) is 10.2 Å². The Bertz CT molecular complexity index is 695. The first-order chi connectivity index (χ1) is 11.6. The lowest BCUT2D eigenvalue weighted by molar-refractivity contribution is -0.152. The Morgan fingerprint density at radius 1 is 1.25 bits per heavy atom. The van der Waals surface area contributed by atoms with Crippen molar-refractivity contribution in [3.63, 3.8) is 0 Å². The molecule has 1 amide bonds. The lowest BCUT2D eigenvalue weighted by atomic mass is 10.0. The highest BCUT2D eigenvalue weighted by Crippen LogP contribution is 2.23. The Morgan fingerprint density at radius 3 is 2.88 bits per heavy atom. The van der Waals surface area contributed by atoms with Gasteiger partial charge in [-0.3, -0.25) is 4.79 Å². The molecule has 0 aliphatic carbocycles. The second-order valence-corrected chi connectivity index (χ2v) is 7.33. The van der Waals surface area contributed by atoms with E-state index in [1.54, 1.807) is 16.2 Å². The molecule has 0 radical (unpaired) electrons. The highest BCUT2D eigenvalue weighted by molar-refractivity contribution is 7.18. The number of aryl methyl sites for hydroxylation is 1. The Morgan fingerprint density at radius 2 is 2.08 bits per heavy atom. The quantitative estimate of drug-likeness (QED) is 0.813. The minimum Gasteiger partial charge on any atom is -0.480 e. The summed E-state index contributed by atoms with van der Waals surface area (Å²) in [6.45, 7) is 0.577. The van der Waals surface area contributed by atoms with E-state index in [1.807, 2.05) is 18.2 Å². The van der Waals surface area contributed by atoms with Gasteiger partial charge in [-0.15, -0.1) is 11.3 Å². The van der Waals surface area contributed by atoms with E-state index < -0.39 is 12.0 Å². The highest BCUT2D eigenvalue weighted by Gasteiger charge is 2.31. The number of carboxylic acid groups (broad SMARTS) is 1. The summed E-state index contributed by atoms with van der Waals surface area (Å²) in [7, 11) is 0. The number of aromatic nitrogens is 1. The minimum atomic E-state index is -0.877. The Balaban J connectivity index is 1.47. The number of piperidine rings is 1. The lowest BCUT2D eigenvalue weighted by Gasteiger charge is -2.33.